The summed E-state index contributed by atoms with van der Waals surface area (Å²) in [5.41, 5.74) is 3.29. The molecule has 1 amide bonds. The van der Waals surface area contributed by atoms with Crippen molar-refractivity contribution in [3.05, 3.63) is 58.1 Å². The van der Waals surface area contributed by atoms with Crippen molar-refractivity contribution in [1.82, 2.24) is 5.43 Å². The van der Waals surface area contributed by atoms with Crippen molar-refractivity contribution in [2.45, 2.75) is 6.92 Å². The average molecular weight is 450 g/mol. The first-order valence-corrected chi connectivity index (χ1v) is 10.7. The molecule has 166 valence electrons. The van der Waals surface area contributed by atoms with Crippen LogP contribution in [0.5, 0.6) is 11.5 Å². The van der Waals surface area contributed by atoms with Gasteiger partial charge >= 0.3 is 0 Å². The smallest absolute Gasteiger partial charge is 0.269 e. The largest absolute Gasteiger partial charge is 0.497 e. The molecule has 2 aromatic rings. The summed E-state index contributed by atoms with van der Waals surface area (Å²) in [5.74, 6) is -0.0713. The Hall–Kier alpha value is -3.67. The number of nitrogens with zero attached hydrogens (tertiary/aromatic N) is 3. The number of non-ortho nitro benzene ring substituents is 1. The second-order valence-corrected chi connectivity index (χ2v) is 8.25. The van der Waals surface area contributed by atoms with Gasteiger partial charge in [-0.05, 0) is 36.8 Å². The first kappa shape index (κ1) is 23.6. The summed E-state index contributed by atoms with van der Waals surface area (Å²) < 4.78 is 35.9. The van der Waals surface area contributed by atoms with Gasteiger partial charge in [0.15, 0.2) is 0 Å². The summed E-state index contributed by atoms with van der Waals surface area (Å²) >= 11 is 0. The normalized spacial score (nSPS) is 11.5. The fourth-order valence-corrected chi connectivity index (χ4v) is 3.43. The molecule has 0 aliphatic rings. The molecule has 0 spiro atoms. The molecule has 0 aliphatic heterocycles. The number of ether oxygens (including phenoxy) is 2. The molecule has 0 atom stereocenters. The number of carbonyl (C=O) groups excluding carboxylic acids is 1. The van der Waals surface area contributed by atoms with Gasteiger partial charge in [-0.25, -0.2) is 13.8 Å². The van der Waals surface area contributed by atoms with Crippen LogP contribution in [-0.4, -0.2) is 52.0 Å². The molecule has 0 heterocycles. The molecule has 0 radical (unpaired) electrons. The molecule has 31 heavy (non-hydrogen) atoms. The van der Waals surface area contributed by atoms with Gasteiger partial charge in [0, 0.05) is 18.2 Å². The van der Waals surface area contributed by atoms with E-state index >= 15 is 0 Å². The van der Waals surface area contributed by atoms with Crippen LogP contribution in [0, 0.1) is 10.1 Å². The number of hydrogen-bond acceptors (Lipinski definition) is 8. The molecule has 1 N–H and O–H groups in total. The number of amides is 1. The molecule has 2 aromatic carbocycles. The van der Waals surface area contributed by atoms with E-state index in [0.717, 1.165) is 10.6 Å². The second-order valence-electron chi connectivity index (χ2n) is 6.34. The van der Waals surface area contributed by atoms with E-state index in [0.29, 0.717) is 17.0 Å². The molecule has 0 unspecified atom stereocenters. The van der Waals surface area contributed by atoms with Crippen molar-refractivity contribution < 1.29 is 27.6 Å². The van der Waals surface area contributed by atoms with E-state index < -0.39 is 27.4 Å². The number of nitrogens with one attached hydrogen (secondary N) is 1. The minimum atomic E-state index is -3.85. The minimum absolute atomic E-state index is 0.0726. The summed E-state index contributed by atoms with van der Waals surface area (Å²) in [6.45, 7) is 1.04. The lowest BCUT2D eigenvalue weighted by Crippen LogP contribution is -2.39. The molecule has 0 fully saturated rings. The Balaban J connectivity index is 2.22. The first-order chi connectivity index (χ1) is 14.6. The maximum absolute atomic E-state index is 12.4. The van der Waals surface area contributed by atoms with Crippen LogP contribution < -0.4 is 19.2 Å². The summed E-state index contributed by atoms with van der Waals surface area (Å²) in [5, 5.41) is 14.7. The van der Waals surface area contributed by atoms with Gasteiger partial charge in [-0.2, -0.15) is 5.10 Å². The molecular weight excluding hydrogens is 428 g/mol. The first-order valence-electron chi connectivity index (χ1n) is 8.84. The van der Waals surface area contributed by atoms with Gasteiger partial charge in [0.05, 0.1) is 36.8 Å². The molecule has 2 rings (SSSR count). The number of methoxy groups -OCH3 is 2. The number of sulfonamides is 1. The lowest BCUT2D eigenvalue weighted by atomic mass is 10.1. The predicted molar refractivity (Wildman–Crippen MR) is 115 cm³/mol. The van der Waals surface area contributed by atoms with Gasteiger partial charge in [-0.1, -0.05) is 0 Å². The standard InChI is InChI=1S/C19H22N4O7S/c1-13(14-5-7-15(8-6-14)23(25)26)20-21-19(24)12-22(31(4,27)28)17-11-16(29-2)9-10-18(17)30-3/h5-11H,12H2,1-4H3,(H,21,24)/b20-13-. The number of hydrazone groups is 1. The Morgan fingerprint density at radius 3 is 2.32 bits per heavy atom. The van der Waals surface area contributed by atoms with Crippen molar-refractivity contribution >= 4 is 33.0 Å². The highest BCUT2D eigenvalue weighted by molar-refractivity contribution is 7.92. The van der Waals surface area contributed by atoms with E-state index in [4.69, 9.17) is 9.47 Å². The van der Waals surface area contributed by atoms with Gasteiger partial charge in [-0.3, -0.25) is 19.2 Å². The Labute approximate surface area is 179 Å². The third-order valence-corrected chi connectivity index (χ3v) is 5.31. The molecule has 0 aromatic heterocycles. The quantitative estimate of drug-likeness (QED) is 0.349. The van der Waals surface area contributed by atoms with Crippen LogP contribution in [-0.2, 0) is 14.8 Å². The third-order valence-electron chi connectivity index (χ3n) is 4.19. The lowest BCUT2D eigenvalue weighted by molar-refractivity contribution is -0.384. The number of carbonyl (C=O) groups is 1. The van der Waals surface area contributed by atoms with Crippen LogP contribution in [0.1, 0.15) is 12.5 Å². The number of rotatable bonds is 9. The van der Waals surface area contributed by atoms with Crippen LogP contribution in [0.3, 0.4) is 0 Å². The zero-order valence-corrected chi connectivity index (χ0v) is 18.2. The molecule has 0 saturated heterocycles. The van der Waals surface area contributed by atoms with Crippen LogP contribution in [0.4, 0.5) is 11.4 Å². The molecule has 0 bridgehead atoms. The Morgan fingerprint density at radius 1 is 1.16 bits per heavy atom. The van der Waals surface area contributed by atoms with Crippen LogP contribution in [0.25, 0.3) is 0 Å². The summed E-state index contributed by atoms with van der Waals surface area (Å²) in [7, 11) is -1.04. The zero-order valence-electron chi connectivity index (χ0n) is 17.4. The summed E-state index contributed by atoms with van der Waals surface area (Å²) in [4.78, 5) is 22.6. The van der Waals surface area contributed by atoms with Crippen molar-refractivity contribution in [1.29, 1.82) is 0 Å². The van der Waals surface area contributed by atoms with Crippen molar-refractivity contribution in [2.24, 2.45) is 5.10 Å². The predicted octanol–water partition coefficient (Wildman–Crippen LogP) is 1.92. The Morgan fingerprint density at radius 2 is 1.81 bits per heavy atom. The van der Waals surface area contributed by atoms with Gasteiger partial charge in [0.2, 0.25) is 10.0 Å². The van der Waals surface area contributed by atoms with Crippen LogP contribution in [0.2, 0.25) is 0 Å². The molecule has 0 saturated carbocycles. The zero-order chi connectivity index (χ0) is 23.2. The van der Waals surface area contributed by atoms with E-state index in [9.17, 15) is 23.3 Å². The second kappa shape index (κ2) is 9.89. The molecule has 0 aliphatic carbocycles. The number of nitro groups is 1. The van der Waals surface area contributed by atoms with Crippen molar-refractivity contribution in [3.8, 4) is 11.5 Å². The van der Waals surface area contributed by atoms with Gasteiger partial charge < -0.3 is 9.47 Å². The van der Waals surface area contributed by atoms with E-state index in [1.165, 1.54) is 50.6 Å². The maximum atomic E-state index is 12.4. The number of benzene rings is 2. The highest BCUT2D eigenvalue weighted by Gasteiger charge is 2.24. The lowest BCUT2D eigenvalue weighted by Gasteiger charge is -2.23. The minimum Gasteiger partial charge on any atom is -0.497 e. The highest BCUT2D eigenvalue weighted by atomic mass is 32.2. The van der Waals surface area contributed by atoms with Crippen molar-refractivity contribution in [3.63, 3.8) is 0 Å². The molecular formula is C19H22N4O7S. The van der Waals surface area contributed by atoms with Crippen molar-refractivity contribution in [2.75, 3.05) is 31.3 Å². The number of hydrogen-bond donors (Lipinski definition) is 1. The van der Waals surface area contributed by atoms with Gasteiger partial charge in [-0.15, -0.1) is 0 Å². The summed E-state index contributed by atoms with van der Waals surface area (Å²) in [6, 6.07) is 10.2. The summed E-state index contributed by atoms with van der Waals surface area (Å²) in [6.07, 6.45) is 0.963. The van der Waals surface area contributed by atoms with E-state index in [2.05, 4.69) is 10.5 Å². The fourth-order valence-electron chi connectivity index (χ4n) is 2.57. The topological polar surface area (TPSA) is 140 Å². The van der Waals surface area contributed by atoms with Crippen LogP contribution >= 0.6 is 0 Å². The highest BCUT2D eigenvalue weighted by Crippen LogP contribution is 2.33. The average Bonchev–Trinajstić information content (AvgIpc) is 2.74. The number of anilines is 1. The van der Waals surface area contributed by atoms with Gasteiger partial charge in [0.25, 0.3) is 11.6 Å². The maximum Gasteiger partial charge on any atom is 0.269 e. The van der Waals surface area contributed by atoms with Gasteiger partial charge in [0.1, 0.15) is 18.0 Å². The Bertz CT molecular complexity index is 1100. The van der Waals surface area contributed by atoms with E-state index in [-0.39, 0.29) is 17.1 Å². The molecule has 12 heteroatoms. The Kier molecular flexibility index (Phi) is 7.53. The van der Waals surface area contributed by atoms with Crippen LogP contribution in [0.15, 0.2) is 47.6 Å². The SMILES string of the molecule is COc1ccc(OC)c(N(CC(=O)N/N=C(/C)c2ccc([N+](=O)[O-])cc2)S(C)(=O)=O)c1. The monoisotopic (exact) mass is 450 g/mol. The number of nitro benzene ring substituents is 1. The van der Waals surface area contributed by atoms with E-state index in [1.807, 2.05) is 0 Å². The van der Waals surface area contributed by atoms with E-state index in [1.54, 1.807) is 13.0 Å². The third kappa shape index (κ3) is 6.15. The fraction of sp³-hybridized carbons (Fsp3) is 0.263. The molecule has 11 nitrogen and oxygen atoms in total.